The molecule has 0 aliphatic carbocycles. The fourth-order valence-electron chi connectivity index (χ4n) is 2.88. The van der Waals surface area contributed by atoms with Gasteiger partial charge in [-0.05, 0) is 32.9 Å². The van der Waals surface area contributed by atoms with E-state index in [9.17, 15) is 4.79 Å². The summed E-state index contributed by atoms with van der Waals surface area (Å²) in [6, 6.07) is 4.07. The summed E-state index contributed by atoms with van der Waals surface area (Å²) < 4.78 is 1.79. The molecule has 1 aliphatic heterocycles. The van der Waals surface area contributed by atoms with E-state index in [1.807, 2.05) is 39.1 Å². The molecule has 3 rings (SSSR count). The van der Waals surface area contributed by atoms with Gasteiger partial charge >= 0.3 is 0 Å². The van der Waals surface area contributed by atoms with Crippen LogP contribution in [0.25, 0.3) is 5.65 Å². The lowest BCUT2D eigenvalue weighted by Gasteiger charge is -2.38. The highest BCUT2D eigenvalue weighted by atomic mass is 16.2. The molecule has 2 aromatic rings. The van der Waals surface area contributed by atoms with E-state index < -0.39 is 0 Å². The van der Waals surface area contributed by atoms with Gasteiger partial charge in [0.15, 0.2) is 5.65 Å². The molecule has 0 radical (unpaired) electrons. The van der Waals surface area contributed by atoms with Crippen molar-refractivity contribution in [1.29, 1.82) is 0 Å². The van der Waals surface area contributed by atoms with Crippen molar-refractivity contribution in [2.24, 2.45) is 0 Å². The Hall–Kier alpha value is -2.15. The van der Waals surface area contributed by atoms with E-state index in [1.165, 1.54) is 0 Å². The second-order valence-electron chi connectivity index (χ2n) is 6.28. The molecular weight excluding hydrogens is 292 g/mol. The van der Waals surface area contributed by atoms with Crippen molar-refractivity contribution in [1.82, 2.24) is 24.8 Å². The predicted octanol–water partition coefficient (Wildman–Crippen LogP) is 0.764. The second kappa shape index (κ2) is 6.54. The van der Waals surface area contributed by atoms with Crippen molar-refractivity contribution in [3.05, 3.63) is 24.5 Å². The van der Waals surface area contributed by atoms with E-state index in [1.54, 1.807) is 10.7 Å². The van der Waals surface area contributed by atoms with Crippen LogP contribution in [0.4, 0.5) is 5.82 Å². The Morgan fingerprint density at radius 1 is 1.17 bits per heavy atom. The van der Waals surface area contributed by atoms with Crippen LogP contribution in [0, 0.1) is 0 Å². The van der Waals surface area contributed by atoms with Gasteiger partial charge in [0.1, 0.15) is 5.82 Å². The predicted molar refractivity (Wildman–Crippen MR) is 89.5 cm³/mol. The fourth-order valence-corrected chi connectivity index (χ4v) is 2.88. The average Bonchev–Trinajstić information content (AvgIpc) is 3.01. The molecule has 3 heterocycles. The van der Waals surface area contributed by atoms with Gasteiger partial charge in [-0.1, -0.05) is 0 Å². The normalized spacial score (nSPS) is 17.7. The lowest BCUT2D eigenvalue weighted by molar-refractivity contribution is -0.126. The summed E-state index contributed by atoms with van der Waals surface area (Å²) in [7, 11) is 0. The topological polar surface area (TPSA) is 65.8 Å². The van der Waals surface area contributed by atoms with Crippen molar-refractivity contribution in [2.45, 2.75) is 32.9 Å². The van der Waals surface area contributed by atoms with Gasteiger partial charge in [-0.25, -0.2) is 9.50 Å². The maximum Gasteiger partial charge on any atom is 0.237 e. The molecule has 7 nitrogen and oxygen atoms in total. The summed E-state index contributed by atoms with van der Waals surface area (Å²) in [6.07, 6.45) is 3.60. The first-order valence-electron chi connectivity index (χ1n) is 8.14. The largest absolute Gasteiger partial charge is 0.353 e. The molecule has 23 heavy (non-hydrogen) atoms. The SMILES string of the molecule is CC(C)NC(=O)C(C)N1CCN(c2ccc3nccn3n2)CC1. The first kappa shape index (κ1) is 15.7. The minimum atomic E-state index is -0.0939. The lowest BCUT2D eigenvalue weighted by atomic mass is 10.2. The number of nitrogens with zero attached hydrogens (tertiary/aromatic N) is 5. The van der Waals surface area contributed by atoms with Gasteiger partial charge in [-0.2, -0.15) is 0 Å². The number of anilines is 1. The zero-order valence-corrected chi connectivity index (χ0v) is 13.9. The summed E-state index contributed by atoms with van der Waals surface area (Å²) in [5.41, 5.74) is 0.853. The van der Waals surface area contributed by atoms with Gasteiger partial charge < -0.3 is 10.2 Å². The van der Waals surface area contributed by atoms with Crippen LogP contribution in [0.3, 0.4) is 0 Å². The fraction of sp³-hybridized carbons (Fsp3) is 0.562. The van der Waals surface area contributed by atoms with E-state index in [4.69, 9.17) is 0 Å². The molecule has 1 unspecified atom stereocenters. The van der Waals surface area contributed by atoms with Crippen LogP contribution < -0.4 is 10.2 Å². The Morgan fingerprint density at radius 2 is 1.91 bits per heavy atom. The molecule has 1 N–H and O–H groups in total. The van der Waals surface area contributed by atoms with Crippen LogP contribution in [-0.2, 0) is 4.79 Å². The quantitative estimate of drug-likeness (QED) is 0.902. The Bertz CT molecular complexity index is 674. The number of carbonyl (C=O) groups excluding carboxylic acids is 1. The number of aromatic nitrogens is 3. The molecule has 0 bridgehead atoms. The number of hydrogen-bond donors (Lipinski definition) is 1. The first-order valence-corrected chi connectivity index (χ1v) is 8.14. The molecule has 1 saturated heterocycles. The van der Waals surface area contributed by atoms with E-state index in [0.717, 1.165) is 37.6 Å². The minimum Gasteiger partial charge on any atom is -0.353 e. The summed E-state index contributed by atoms with van der Waals surface area (Å²) in [4.78, 5) is 20.8. The van der Waals surface area contributed by atoms with E-state index >= 15 is 0 Å². The number of hydrogen-bond acceptors (Lipinski definition) is 5. The maximum atomic E-state index is 12.1. The van der Waals surface area contributed by atoms with Crippen LogP contribution in [-0.4, -0.2) is 63.7 Å². The third-order valence-corrected chi connectivity index (χ3v) is 4.24. The highest BCUT2D eigenvalue weighted by molar-refractivity contribution is 5.81. The number of rotatable bonds is 4. The number of carbonyl (C=O) groups is 1. The molecule has 7 heteroatoms. The van der Waals surface area contributed by atoms with Crippen LogP contribution in [0.1, 0.15) is 20.8 Å². The molecule has 1 atom stereocenters. The number of piperazine rings is 1. The lowest BCUT2D eigenvalue weighted by Crippen LogP contribution is -2.54. The van der Waals surface area contributed by atoms with Gasteiger partial charge in [0, 0.05) is 44.6 Å². The van der Waals surface area contributed by atoms with Crippen LogP contribution >= 0.6 is 0 Å². The molecule has 0 aromatic carbocycles. The molecule has 1 amide bonds. The Labute approximate surface area is 136 Å². The van der Waals surface area contributed by atoms with Gasteiger partial charge in [0.05, 0.1) is 6.04 Å². The summed E-state index contributed by atoms with van der Waals surface area (Å²) in [6.45, 7) is 9.40. The van der Waals surface area contributed by atoms with Crippen molar-refractivity contribution in [2.75, 3.05) is 31.1 Å². The molecule has 124 valence electrons. The number of fused-ring (bicyclic) bond motifs is 1. The molecule has 0 spiro atoms. The average molecular weight is 316 g/mol. The van der Waals surface area contributed by atoms with Crippen molar-refractivity contribution in [3.63, 3.8) is 0 Å². The van der Waals surface area contributed by atoms with Crippen LogP contribution in [0.15, 0.2) is 24.5 Å². The van der Waals surface area contributed by atoms with E-state index in [0.29, 0.717) is 0 Å². The molecule has 0 saturated carbocycles. The van der Waals surface area contributed by atoms with Gasteiger partial charge in [-0.15, -0.1) is 5.10 Å². The Morgan fingerprint density at radius 3 is 2.61 bits per heavy atom. The third kappa shape index (κ3) is 3.44. The van der Waals surface area contributed by atoms with Crippen LogP contribution in [0.5, 0.6) is 0 Å². The maximum absolute atomic E-state index is 12.1. The van der Waals surface area contributed by atoms with Crippen molar-refractivity contribution >= 4 is 17.4 Å². The highest BCUT2D eigenvalue weighted by Crippen LogP contribution is 2.15. The van der Waals surface area contributed by atoms with Crippen LogP contribution in [0.2, 0.25) is 0 Å². The minimum absolute atomic E-state index is 0.0939. The smallest absolute Gasteiger partial charge is 0.237 e. The summed E-state index contributed by atoms with van der Waals surface area (Å²) >= 11 is 0. The molecule has 1 fully saturated rings. The number of amides is 1. The molecule has 1 aliphatic rings. The van der Waals surface area contributed by atoms with E-state index in [2.05, 4.69) is 25.2 Å². The number of imidazole rings is 1. The number of nitrogens with one attached hydrogen (secondary N) is 1. The zero-order chi connectivity index (χ0) is 16.4. The van der Waals surface area contributed by atoms with Gasteiger partial charge in [-0.3, -0.25) is 9.69 Å². The molecular formula is C16H24N6O. The monoisotopic (exact) mass is 316 g/mol. The Balaban J connectivity index is 1.60. The van der Waals surface area contributed by atoms with Crippen molar-refractivity contribution in [3.8, 4) is 0 Å². The van der Waals surface area contributed by atoms with Gasteiger partial charge in [0.25, 0.3) is 0 Å². The third-order valence-electron chi connectivity index (χ3n) is 4.24. The first-order chi connectivity index (χ1) is 11.0. The van der Waals surface area contributed by atoms with Gasteiger partial charge in [0.2, 0.25) is 5.91 Å². The standard InChI is InChI=1S/C16H24N6O/c1-12(2)18-16(23)13(3)20-8-10-21(11-9-20)15-5-4-14-17-6-7-22(14)19-15/h4-7,12-13H,8-11H2,1-3H3,(H,18,23). The zero-order valence-electron chi connectivity index (χ0n) is 13.9. The van der Waals surface area contributed by atoms with Crippen molar-refractivity contribution < 1.29 is 4.79 Å². The summed E-state index contributed by atoms with van der Waals surface area (Å²) in [5.74, 6) is 1.06. The summed E-state index contributed by atoms with van der Waals surface area (Å²) in [5, 5.41) is 7.57. The van der Waals surface area contributed by atoms with E-state index in [-0.39, 0.29) is 18.0 Å². The second-order valence-corrected chi connectivity index (χ2v) is 6.28. The molecule has 2 aromatic heterocycles. The Kier molecular flexibility index (Phi) is 4.47. The highest BCUT2D eigenvalue weighted by Gasteiger charge is 2.26.